The number of benzene rings is 1. The Bertz CT molecular complexity index is 1150. The molecule has 0 bridgehead atoms. The Balaban J connectivity index is 2.05. The molecule has 3 rings (SSSR count). The number of aliphatic hydroxyl groups excluding tert-OH is 1. The predicted octanol–water partition coefficient (Wildman–Crippen LogP) is 6.99. The van der Waals surface area contributed by atoms with Crippen molar-refractivity contribution in [3.8, 4) is 11.5 Å². The maximum Gasteiger partial charge on any atom is 0.172 e. The van der Waals surface area contributed by atoms with E-state index in [9.17, 15) is 15.0 Å². The number of nitrogens with two attached hydrogens (primary N) is 1. The van der Waals surface area contributed by atoms with E-state index >= 15 is 0 Å². The van der Waals surface area contributed by atoms with Crippen LogP contribution in [0.2, 0.25) is 0 Å². The third kappa shape index (κ3) is 6.15. The lowest BCUT2D eigenvalue weighted by Gasteiger charge is -2.42. The van der Waals surface area contributed by atoms with E-state index in [2.05, 4.69) is 12.2 Å². The summed E-state index contributed by atoms with van der Waals surface area (Å²) in [5.74, 6) is 0.351. The van der Waals surface area contributed by atoms with Gasteiger partial charge in [0, 0.05) is 11.5 Å². The summed E-state index contributed by atoms with van der Waals surface area (Å²) in [6.45, 7) is 12.1. The number of aliphatic hydroxyl groups is 1. The summed E-state index contributed by atoms with van der Waals surface area (Å²) in [4.78, 5) is 13.2. The van der Waals surface area contributed by atoms with Crippen molar-refractivity contribution in [1.29, 1.82) is 0 Å². The fourth-order valence-electron chi connectivity index (χ4n) is 4.51. The van der Waals surface area contributed by atoms with E-state index in [0.717, 1.165) is 22.3 Å². The number of ether oxygens (including phenoxy) is 1. The van der Waals surface area contributed by atoms with Gasteiger partial charge in [-0.05, 0) is 90.5 Å². The van der Waals surface area contributed by atoms with Gasteiger partial charge in [-0.2, -0.15) is 0 Å². The molecule has 0 saturated carbocycles. The highest BCUT2D eigenvalue weighted by Gasteiger charge is 2.45. The van der Waals surface area contributed by atoms with Crippen molar-refractivity contribution in [3.63, 3.8) is 0 Å². The summed E-state index contributed by atoms with van der Waals surface area (Å²) in [5, 5.41) is 21.6. The van der Waals surface area contributed by atoms with E-state index < -0.39 is 5.72 Å². The number of rotatable bonds is 7. The summed E-state index contributed by atoms with van der Waals surface area (Å²) in [6.07, 6.45) is 10.3. The van der Waals surface area contributed by atoms with Crippen molar-refractivity contribution in [3.05, 3.63) is 81.2 Å². The number of Topliss-reactive ketones (excluding diaryl/α,β-unsaturated/α-hetero) is 1. The third-order valence-electron chi connectivity index (χ3n) is 6.60. The molecule has 0 saturated heterocycles. The zero-order valence-electron chi connectivity index (χ0n) is 21.9. The van der Waals surface area contributed by atoms with Gasteiger partial charge in [0.25, 0.3) is 0 Å². The highest BCUT2D eigenvalue weighted by molar-refractivity contribution is 6.01. The summed E-state index contributed by atoms with van der Waals surface area (Å²) in [7, 11) is 0. The van der Waals surface area contributed by atoms with Crippen molar-refractivity contribution in [2.24, 2.45) is 11.7 Å². The van der Waals surface area contributed by atoms with Crippen LogP contribution in [0.15, 0.2) is 70.1 Å². The first-order chi connectivity index (χ1) is 16.4. The fraction of sp³-hybridized carbons (Fsp3) is 0.433. The molecular formula is C30H39NO4. The van der Waals surface area contributed by atoms with Crippen LogP contribution in [-0.4, -0.2) is 21.7 Å². The highest BCUT2D eigenvalue weighted by atomic mass is 16.5. The van der Waals surface area contributed by atoms with Gasteiger partial charge in [0.1, 0.15) is 17.3 Å². The Morgan fingerprint density at radius 1 is 1.00 bits per heavy atom. The second-order valence-electron chi connectivity index (χ2n) is 10.5. The third-order valence-corrected chi connectivity index (χ3v) is 6.60. The number of ketones is 1. The smallest absolute Gasteiger partial charge is 0.172 e. The van der Waals surface area contributed by atoms with Gasteiger partial charge in [0.05, 0.1) is 12.0 Å². The Morgan fingerprint density at radius 2 is 1.60 bits per heavy atom. The van der Waals surface area contributed by atoms with Crippen LogP contribution in [0.5, 0.6) is 11.5 Å². The first-order valence-corrected chi connectivity index (χ1v) is 12.3. The number of aromatic hydroxyl groups is 1. The van der Waals surface area contributed by atoms with E-state index in [-0.39, 0.29) is 23.9 Å². The van der Waals surface area contributed by atoms with Crippen molar-refractivity contribution in [1.82, 2.24) is 0 Å². The SMILES string of the molecule is CC(C)=CCC1=CC([C@]2(N)CC(=O)c3ccc(O)c(CC=C(C)C)c3O2)CC(CC=C(C)C)=C1O. The minimum absolute atomic E-state index is 0.0284. The van der Waals surface area contributed by atoms with Gasteiger partial charge in [0.15, 0.2) is 11.5 Å². The zero-order valence-corrected chi connectivity index (χ0v) is 21.9. The lowest BCUT2D eigenvalue weighted by Crippen LogP contribution is -2.56. The van der Waals surface area contributed by atoms with E-state index in [1.165, 1.54) is 5.57 Å². The molecule has 2 atom stereocenters. The van der Waals surface area contributed by atoms with Crippen molar-refractivity contribution in [2.45, 2.75) is 79.4 Å². The van der Waals surface area contributed by atoms with Gasteiger partial charge in [-0.3, -0.25) is 10.5 Å². The Hall–Kier alpha value is -3.05. The van der Waals surface area contributed by atoms with Gasteiger partial charge in [0.2, 0.25) is 0 Å². The molecule has 188 valence electrons. The van der Waals surface area contributed by atoms with E-state index in [1.54, 1.807) is 12.1 Å². The largest absolute Gasteiger partial charge is 0.508 e. The van der Waals surface area contributed by atoms with Gasteiger partial charge in [-0.25, -0.2) is 0 Å². The molecule has 0 fully saturated rings. The molecule has 35 heavy (non-hydrogen) atoms. The van der Waals surface area contributed by atoms with Crippen LogP contribution in [-0.2, 0) is 6.42 Å². The number of carbonyl (C=O) groups is 1. The molecule has 5 heteroatoms. The molecule has 1 unspecified atom stereocenters. The molecule has 4 N–H and O–H groups in total. The minimum Gasteiger partial charge on any atom is -0.508 e. The first-order valence-electron chi connectivity index (χ1n) is 12.3. The molecular weight excluding hydrogens is 438 g/mol. The Kier molecular flexibility index (Phi) is 8.11. The number of hydrogen-bond acceptors (Lipinski definition) is 5. The molecule has 1 aromatic carbocycles. The summed E-state index contributed by atoms with van der Waals surface area (Å²) < 4.78 is 6.44. The first kappa shape index (κ1) is 26.6. The Morgan fingerprint density at radius 3 is 2.23 bits per heavy atom. The highest BCUT2D eigenvalue weighted by Crippen LogP contribution is 2.45. The second-order valence-corrected chi connectivity index (χ2v) is 10.5. The average molecular weight is 478 g/mol. The van der Waals surface area contributed by atoms with E-state index in [0.29, 0.717) is 48.3 Å². The molecule has 2 aliphatic rings. The molecule has 0 amide bonds. The Labute approximate surface area is 209 Å². The predicted molar refractivity (Wildman–Crippen MR) is 142 cm³/mol. The minimum atomic E-state index is -1.29. The van der Waals surface area contributed by atoms with Gasteiger partial charge in [-0.1, -0.05) is 41.0 Å². The molecule has 1 aliphatic heterocycles. The monoisotopic (exact) mass is 477 g/mol. The quantitative estimate of drug-likeness (QED) is 0.368. The van der Waals surface area contributed by atoms with Crippen LogP contribution in [0, 0.1) is 5.92 Å². The normalized spacial score (nSPS) is 21.5. The standard InChI is InChI=1S/C30H39NO4/c1-18(2)7-10-21-15-23(16-22(28(21)34)11-8-19(3)4)30(31)17-27(33)25-13-14-26(32)24(29(25)35-30)12-9-20(5)6/h7-9,13-15,23,32,34H,10-12,16-17,31H2,1-6H3/t23?,30-/m0/s1. The number of phenolic OH excluding ortho intramolecular Hbond substituents is 1. The van der Waals surface area contributed by atoms with Crippen LogP contribution in [0.1, 0.15) is 83.1 Å². The molecule has 0 aromatic heterocycles. The maximum atomic E-state index is 13.2. The molecule has 0 radical (unpaired) electrons. The number of allylic oxidation sites excluding steroid dienone is 8. The number of fused-ring (bicyclic) bond motifs is 1. The lowest BCUT2D eigenvalue weighted by atomic mass is 9.77. The summed E-state index contributed by atoms with van der Waals surface area (Å²) in [6, 6.07) is 3.16. The molecule has 5 nitrogen and oxygen atoms in total. The van der Waals surface area contributed by atoms with E-state index in [1.807, 2.05) is 53.7 Å². The summed E-state index contributed by atoms with van der Waals surface area (Å²) >= 11 is 0. The average Bonchev–Trinajstić information content (AvgIpc) is 2.76. The van der Waals surface area contributed by atoms with Crippen LogP contribution in [0.3, 0.4) is 0 Å². The molecule has 1 aliphatic carbocycles. The molecule has 1 heterocycles. The van der Waals surface area contributed by atoms with Gasteiger partial charge >= 0.3 is 0 Å². The topological polar surface area (TPSA) is 92.8 Å². The van der Waals surface area contributed by atoms with Crippen LogP contribution in [0.25, 0.3) is 0 Å². The zero-order chi connectivity index (χ0) is 25.9. The van der Waals surface area contributed by atoms with Crippen LogP contribution >= 0.6 is 0 Å². The molecule has 0 spiro atoms. The number of phenols is 1. The molecule has 1 aromatic rings. The van der Waals surface area contributed by atoms with Crippen LogP contribution in [0.4, 0.5) is 0 Å². The number of carbonyl (C=O) groups excluding carboxylic acids is 1. The van der Waals surface area contributed by atoms with E-state index in [4.69, 9.17) is 10.5 Å². The van der Waals surface area contributed by atoms with Gasteiger partial charge in [-0.15, -0.1) is 0 Å². The fourth-order valence-corrected chi connectivity index (χ4v) is 4.51. The van der Waals surface area contributed by atoms with Crippen molar-refractivity contribution >= 4 is 5.78 Å². The number of hydrogen-bond donors (Lipinski definition) is 3. The lowest BCUT2D eigenvalue weighted by molar-refractivity contribution is 0.0126. The maximum absolute atomic E-state index is 13.2. The van der Waals surface area contributed by atoms with Gasteiger partial charge < -0.3 is 14.9 Å². The second kappa shape index (κ2) is 10.7. The van der Waals surface area contributed by atoms with Crippen molar-refractivity contribution in [2.75, 3.05) is 0 Å². The van der Waals surface area contributed by atoms with Crippen molar-refractivity contribution < 1.29 is 19.7 Å². The summed E-state index contributed by atoms with van der Waals surface area (Å²) in [5.41, 5.74) is 11.7. The van der Waals surface area contributed by atoms with Crippen LogP contribution < -0.4 is 10.5 Å².